The van der Waals surface area contributed by atoms with Gasteiger partial charge in [-0.3, -0.25) is 0 Å². The fourth-order valence-electron chi connectivity index (χ4n) is 1.75. The molecule has 0 saturated heterocycles. The highest BCUT2D eigenvalue weighted by Gasteiger charge is 2.31. The number of hydrogen-bond donors (Lipinski definition) is 1. The summed E-state index contributed by atoms with van der Waals surface area (Å²) < 4.78 is 9.73. The molecule has 1 saturated carbocycles. The van der Waals surface area contributed by atoms with Crippen molar-refractivity contribution in [1.29, 1.82) is 0 Å². The van der Waals surface area contributed by atoms with E-state index in [1.54, 1.807) is 6.92 Å². The SMILES string of the molecule is CCOC(=O)c1noc(N)c1C1CCC1. The maximum atomic E-state index is 11.5. The minimum Gasteiger partial charge on any atom is -0.461 e. The number of ether oxygens (including phenoxy) is 1. The monoisotopic (exact) mass is 210 g/mol. The Hall–Kier alpha value is -1.52. The zero-order chi connectivity index (χ0) is 10.8. The van der Waals surface area contributed by atoms with Crippen LogP contribution in [0.25, 0.3) is 0 Å². The Morgan fingerprint density at radius 1 is 1.67 bits per heavy atom. The van der Waals surface area contributed by atoms with Crippen molar-refractivity contribution in [2.24, 2.45) is 0 Å². The number of nitrogen functional groups attached to an aromatic ring is 1. The molecule has 0 spiro atoms. The van der Waals surface area contributed by atoms with Crippen LogP contribution in [-0.2, 0) is 4.74 Å². The van der Waals surface area contributed by atoms with Gasteiger partial charge in [0.05, 0.1) is 12.2 Å². The van der Waals surface area contributed by atoms with Crippen molar-refractivity contribution in [2.75, 3.05) is 12.3 Å². The number of nitrogens with zero attached hydrogens (tertiary/aromatic N) is 1. The first kappa shape index (κ1) is 10.0. The predicted octanol–water partition coefficient (Wildman–Crippen LogP) is 1.70. The minimum atomic E-state index is -0.445. The van der Waals surface area contributed by atoms with Gasteiger partial charge in [-0.1, -0.05) is 11.6 Å². The van der Waals surface area contributed by atoms with E-state index in [0.717, 1.165) is 24.8 Å². The number of carbonyl (C=O) groups is 1. The van der Waals surface area contributed by atoms with E-state index >= 15 is 0 Å². The average molecular weight is 210 g/mol. The number of carbonyl (C=O) groups excluding carboxylic acids is 1. The summed E-state index contributed by atoms with van der Waals surface area (Å²) in [5.41, 5.74) is 6.63. The van der Waals surface area contributed by atoms with Crippen LogP contribution in [0.3, 0.4) is 0 Å². The van der Waals surface area contributed by atoms with Gasteiger partial charge in [0.15, 0.2) is 5.69 Å². The molecule has 2 N–H and O–H groups in total. The first-order valence-electron chi connectivity index (χ1n) is 5.16. The van der Waals surface area contributed by atoms with E-state index in [9.17, 15) is 4.79 Å². The van der Waals surface area contributed by atoms with E-state index in [0.29, 0.717) is 12.5 Å². The van der Waals surface area contributed by atoms with Crippen LogP contribution in [0.4, 0.5) is 5.88 Å². The van der Waals surface area contributed by atoms with Gasteiger partial charge in [0.25, 0.3) is 0 Å². The lowest BCUT2D eigenvalue weighted by atomic mass is 9.80. The molecule has 1 fully saturated rings. The van der Waals surface area contributed by atoms with Crippen molar-refractivity contribution >= 4 is 11.9 Å². The van der Waals surface area contributed by atoms with E-state index < -0.39 is 5.97 Å². The van der Waals surface area contributed by atoms with Gasteiger partial charge in [0.2, 0.25) is 5.88 Å². The summed E-state index contributed by atoms with van der Waals surface area (Å²) in [6, 6.07) is 0. The normalized spacial score (nSPS) is 16.1. The van der Waals surface area contributed by atoms with E-state index in [1.165, 1.54) is 0 Å². The van der Waals surface area contributed by atoms with Crippen LogP contribution in [0.5, 0.6) is 0 Å². The predicted molar refractivity (Wildman–Crippen MR) is 53.5 cm³/mol. The Morgan fingerprint density at radius 3 is 2.93 bits per heavy atom. The first-order valence-corrected chi connectivity index (χ1v) is 5.16. The van der Waals surface area contributed by atoms with Crippen molar-refractivity contribution in [1.82, 2.24) is 5.16 Å². The second-order valence-electron chi connectivity index (χ2n) is 3.66. The van der Waals surface area contributed by atoms with Crippen molar-refractivity contribution < 1.29 is 14.1 Å². The molecule has 1 heterocycles. The third kappa shape index (κ3) is 1.69. The maximum absolute atomic E-state index is 11.5. The fraction of sp³-hybridized carbons (Fsp3) is 0.600. The van der Waals surface area contributed by atoms with Crippen molar-refractivity contribution in [2.45, 2.75) is 32.1 Å². The molecule has 0 atom stereocenters. The zero-order valence-corrected chi connectivity index (χ0v) is 8.66. The molecule has 0 radical (unpaired) electrons. The molecule has 0 amide bonds. The summed E-state index contributed by atoms with van der Waals surface area (Å²) in [4.78, 5) is 11.5. The van der Waals surface area contributed by atoms with Crippen LogP contribution >= 0.6 is 0 Å². The largest absolute Gasteiger partial charge is 0.461 e. The standard InChI is InChI=1S/C10H14N2O3/c1-2-14-10(13)8-7(6-4-3-5-6)9(11)15-12-8/h6H,2-5,11H2,1H3. The van der Waals surface area contributed by atoms with Gasteiger partial charge < -0.3 is 15.0 Å². The third-order valence-electron chi connectivity index (χ3n) is 2.74. The highest BCUT2D eigenvalue weighted by molar-refractivity contribution is 5.90. The number of rotatable bonds is 3. The molecule has 0 aliphatic heterocycles. The van der Waals surface area contributed by atoms with Crippen molar-refractivity contribution in [3.63, 3.8) is 0 Å². The summed E-state index contributed by atoms with van der Waals surface area (Å²) in [5.74, 6) is 0.123. The quantitative estimate of drug-likeness (QED) is 0.768. The topological polar surface area (TPSA) is 78.3 Å². The van der Waals surface area contributed by atoms with E-state index in [2.05, 4.69) is 5.16 Å². The Bertz CT molecular complexity index is 369. The Labute approximate surface area is 87.6 Å². The van der Waals surface area contributed by atoms with Crippen LogP contribution in [0.2, 0.25) is 0 Å². The Morgan fingerprint density at radius 2 is 2.40 bits per heavy atom. The average Bonchev–Trinajstić information content (AvgIpc) is 2.47. The van der Waals surface area contributed by atoms with Gasteiger partial charge >= 0.3 is 5.97 Å². The third-order valence-corrected chi connectivity index (χ3v) is 2.74. The molecule has 0 bridgehead atoms. The number of nitrogens with two attached hydrogens (primary N) is 1. The van der Waals surface area contributed by atoms with Gasteiger partial charge in [-0.05, 0) is 25.7 Å². The van der Waals surface area contributed by atoms with Crippen LogP contribution in [0, 0.1) is 0 Å². The van der Waals surface area contributed by atoms with Gasteiger partial charge in [0, 0.05) is 0 Å². The van der Waals surface area contributed by atoms with Crippen LogP contribution in [0.1, 0.15) is 48.2 Å². The molecule has 15 heavy (non-hydrogen) atoms. The Kier molecular flexibility index (Phi) is 2.62. The highest BCUT2D eigenvalue weighted by atomic mass is 16.5. The molecule has 5 heteroatoms. The first-order chi connectivity index (χ1) is 7.24. The van der Waals surface area contributed by atoms with Gasteiger partial charge in [-0.2, -0.15) is 0 Å². The molecule has 1 aliphatic rings. The molecule has 2 rings (SSSR count). The maximum Gasteiger partial charge on any atom is 0.360 e. The molecule has 82 valence electrons. The molecule has 5 nitrogen and oxygen atoms in total. The number of hydrogen-bond acceptors (Lipinski definition) is 5. The molecule has 0 unspecified atom stereocenters. The molecular weight excluding hydrogens is 196 g/mol. The lowest BCUT2D eigenvalue weighted by molar-refractivity contribution is 0.0512. The molecule has 1 aromatic rings. The zero-order valence-electron chi connectivity index (χ0n) is 8.66. The second kappa shape index (κ2) is 3.92. The van der Waals surface area contributed by atoms with Crippen LogP contribution < -0.4 is 5.73 Å². The highest BCUT2D eigenvalue weighted by Crippen LogP contribution is 2.40. The summed E-state index contributed by atoms with van der Waals surface area (Å²) in [6.45, 7) is 2.08. The summed E-state index contributed by atoms with van der Waals surface area (Å²) in [6.07, 6.45) is 3.24. The molecule has 1 aliphatic carbocycles. The number of aromatic nitrogens is 1. The van der Waals surface area contributed by atoms with Gasteiger partial charge in [-0.25, -0.2) is 4.79 Å². The molecule has 1 aromatic heterocycles. The smallest absolute Gasteiger partial charge is 0.360 e. The summed E-state index contributed by atoms with van der Waals surface area (Å²) in [5, 5.41) is 3.66. The van der Waals surface area contributed by atoms with Crippen LogP contribution in [-0.4, -0.2) is 17.7 Å². The van der Waals surface area contributed by atoms with E-state index in [1.807, 2.05) is 0 Å². The lowest BCUT2D eigenvalue weighted by Crippen LogP contribution is -2.15. The van der Waals surface area contributed by atoms with Gasteiger partial charge in [0.1, 0.15) is 0 Å². The summed E-state index contributed by atoms with van der Waals surface area (Å²) in [7, 11) is 0. The summed E-state index contributed by atoms with van der Waals surface area (Å²) >= 11 is 0. The van der Waals surface area contributed by atoms with E-state index in [-0.39, 0.29) is 11.6 Å². The molecule has 0 aromatic carbocycles. The van der Waals surface area contributed by atoms with Crippen LogP contribution in [0.15, 0.2) is 4.52 Å². The second-order valence-corrected chi connectivity index (χ2v) is 3.66. The van der Waals surface area contributed by atoms with Crippen molar-refractivity contribution in [3.05, 3.63) is 11.3 Å². The Balaban J connectivity index is 2.26. The lowest BCUT2D eigenvalue weighted by Gasteiger charge is -2.24. The van der Waals surface area contributed by atoms with Gasteiger partial charge in [-0.15, -0.1) is 0 Å². The fourth-order valence-corrected chi connectivity index (χ4v) is 1.75. The minimum absolute atomic E-state index is 0.249. The van der Waals surface area contributed by atoms with E-state index in [4.69, 9.17) is 15.0 Å². The number of anilines is 1. The molecular formula is C10H14N2O3. The number of esters is 1. The van der Waals surface area contributed by atoms with Crippen molar-refractivity contribution in [3.8, 4) is 0 Å².